The predicted octanol–water partition coefficient (Wildman–Crippen LogP) is 1.85. The van der Waals surface area contributed by atoms with E-state index in [4.69, 9.17) is 9.47 Å². The lowest BCUT2D eigenvalue weighted by Crippen LogP contribution is -2.33. The molecule has 0 radical (unpaired) electrons. The van der Waals surface area contributed by atoms with E-state index in [0.717, 1.165) is 5.56 Å². The van der Waals surface area contributed by atoms with Crippen molar-refractivity contribution in [2.24, 2.45) is 0 Å². The van der Waals surface area contributed by atoms with Crippen LogP contribution in [0, 0.1) is 0 Å². The van der Waals surface area contributed by atoms with Crippen molar-refractivity contribution in [1.82, 2.24) is 10.6 Å². The Bertz CT molecular complexity index is 765. The van der Waals surface area contributed by atoms with Gasteiger partial charge >= 0.3 is 5.97 Å². The van der Waals surface area contributed by atoms with Crippen LogP contribution in [0.3, 0.4) is 0 Å². The molecule has 7 heteroatoms. The van der Waals surface area contributed by atoms with Gasteiger partial charge in [-0.1, -0.05) is 48.5 Å². The van der Waals surface area contributed by atoms with Gasteiger partial charge in [0.15, 0.2) is 6.61 Å². The van der Waals surface area contributed by atoms with E-state index < -0.39 is 17.9 Å². The maximum absolute atomic E-state index is 12.5. The highest BCUT2D eigenvalue weighted by Gasteiger charge is 2.20. The molecule has 148 valence electrons. The van der Waals surface area contributed by atoms with Gasteiger partial charge in [0, 0.05) is 19.2 Å². The largest absolute Gasteiger partial charge is 0.456 e. The van der Waals surface area contributed by atoms with Gasteiger partial charge in [0.2, 0.25) is 0 Å². The molecule has 1 atom stereocenters. The zero-order valence-corrected chi connectivity index (χ0v) is 15.7. The molecule has 28 heavy (non-hydrogen) atoms. The Morgan fingerprint density at radius 1 is 0.964 bits per heavy atom. The van der Waals surface area contributed by atoms with Gasteiger partial charge in [-0.15, -0.1) is 0 Å². The van der Waals surface area contributed by atoms with E-state index in [1.165, 1.54) is 7.11 Å². The second kappa shape index (κ2) is 11.5. The van der Waals surface area contributed by atoms with E-state index in [2.05, 4.69) is 10.6 Å². The lowest BCUT2D eigenvalue weighted by Gasteiger charge is -2.18. The summed E-state index contributed by atoms with van der Waals surface area (Å²) >= 11 is 0. The minimum atomic E-state index is -0.580. The van der Waals surface area contributed by atoms with Crippen molar-refractivity contribution in [3.8, 4) is 0 Å². The monoisotopic (exact) mass is 384 g/mol. The molecular formula is C21H24N2O5. The standard InChI is InChI=1S/C21H24N2O5/c1-27-13-12-22-19(24)15-28-20(25)14-18(16-8-4-2-5-9-16)23-21(26)17-10-6-3-7-11-17/h2-11,18H,12-15H2,1H3,(H,22,24)(H,23,26)/t18-/m0/s1. The number of amides is 2. The maximum atomic E-state index is 12.5. The van der Waals surface area contributed by atoms with Crippen LogP contribution in [0.4, 0.5) is 0 Å². The Balaban J connectivity index is 1.95. The number of methoxy groups -OCH3 is 1. The lowest BCUT2D eigenvalue weighted by molar-refractivity contribution is -0.149. The minimum absolute atomic E-state index is 0.0893. The Kier molecular flexibility index (Phi) is 8.68. The second-order valence-corrected chi connectivity index (χ2v) is 6.01. The van der Waals surface area contributed by atoms with E-state index in [1.54, 1.807) is 24.3 Å². The first-order chi connectivity index (χ1) is 13.6. The van der Waals surface area contributed by atoms with Crippen molar-refractivity contribution in [2.45, 2.75) is 12.5 Å². The first kappa shape index (κ1) is 21.1. The molecule has 2 amide bonds. The number of nitrogens with one attached hydrogen (secondary N) is 2. The van der Waals surface area contributed by atoms with Crippen molar-refractivity contribution in [1.29, 1.82) is 0 Å². The van der Waals surface area contributed by atoms with Crippen LogP contribution in [-0.4, -0.2) is 44.7 Å². The quantitative estimate of drug-likeness (QED) is 0.482. The molecule has 0 fully saturated rings. The first-order valence-corrected chi connectivity index (χ1v) is 8.92. The Morgan fingerprint density at radius 3 is 2.25 bits per heavy atom. The molecule has 7 nitrogen and oxygen atoms in total. The lowest BCUT2D eigenvalue weighted by atomic mass is 10.0. The zero-order chi connectivity index (χ0) is 20.2. The molecule has 0 aliphatic rings. The number of hydrogen-bond acceptors (Lipinski definition) is 5. The summed E-state index contributed by atoms with van der Waals surface area (Å²) in [5.74, 6) is -1.28. The highest BCUT2D eigenvalue weighted by atomic mass is 16.5. The summed E-state index contributed by atoms with van der Waals surface area (Å²) in [6.45, 7) is 0.338. The molecule has 0 spiro atoms. The number of hydrogen-bond donors (Lipinski definition) is 2. The summed E-state index contributed by atoms with van der Waals surface area (Å²) in [5, 5.41) is 5.42. The van der Waals surface area contributed by atoms with Crippen LogP contribution in [-0.2, 0) is 19.1 Å². The third-order valence-corrected chi connectivity index (χ3v) is 3.91. The molecule has 0 saturated carbocycles. The van der Waals surface area contributed by atoms with Gasteiger partial charge in [-0.3, -0.25) is 14.4 Å². The molecule has 2 N–H and O–H groups in total. The van der Waals surface area contributed by atoms with E-state index in [-0.39, 0.29) is 18.9 Å². The van der Waals surface area contributed by atoms with Gasteiger partial charge in [0.05, 0.1) is 19.1 Å². The molecule has 0 aliphatic carbocycles. The predicted molar refractivity (Wildman–Crippen MR) is 104 cm³/mol. The maximum Gasteiger partial charge on any atom is 0.308 e. The Hall–Kier alpha value is -3.19. The van der Waals surface area contributed by atoms with Crippen molar-refractivity contribution < 1.29 is 23.9 Å². The van der Waals surface area contributed by atoms with E-state index >= 15 is 0 Å². The molecule has 0 aromatic heterocycles. The third kappa shape index (κ3) is 7.20. The van der Waals surface area contributed by atoms with Crippen molar-refractivity contribution in [3.63, 3.8) is 0 Å². The van der Waals surface area contributed by atoms with Crippen LogP contribution in [0.5, 0.6) is 0 Å². The van der Waals surface area contributed by atoms with Crippen molar-refractivity contribution >= 4 is 17.8 Å². The summed E-state index contributed by atoms with van der Waals surface area (Å²) in [6.07, 6.45) is -0.0893. The summed E-state index contributed by atoms with van der Waals surface area (Å²) in [6, 6.07) is 17.3. The second-order valence-electron chi connectivity index (χ2n) is 6.01. The van der Waals surface area contributed by atoms with Gasteiger partial charge in [-0.05, 0) is 17.7 Å². The fourth-order valence-corrected chi connectivity index (χ4v) is 2.48. The smallest absolute Gasteiger partial charge is 0.308 e. The van der Waals surface area contributed by atoms with Crippen LogP contribution in [0.1, 0.15) is 28.4 Å². The van der Waals surface area contributed by atoms with Crippen LogP contribution < -0.4 is 10.6 Å². The van der Waals surface area contributed by atoms with Gasteiger partial charge in [0.1, 0.15) is 0 Å². The fourth-order valence-electron chi connectivity index (χ4n) is 2.48. The summed E-state index contributed by atoms with van der Waals surface area (Å²) in [5.41, 5.74) is 1.27. The molecule has 0 bridgehead atoms. The van der Waals surface area contributed by atoms with Crippen molar-refractivity contribution in [3.05, 3.63) is 71.8 Å². The number of benzene rings is 2. The van der Waals surface area contributed by atoms with Crippen LogP contribution >= 0.6 is 0 Å². The Labute approximate surface area is 164 Å². The number of esters is 1. The fraction of sp³-hybridized carbons (Fsp3) is 0.286. The highest BCUT2D eigenvalue weighted by molar-refractivity contribution is 5.94. The summed E-state index contributed by atoms with van der Waals surface area (Å²) < 4.78 is 9.86. The van der Waals surface area contributed by atoms with Gasteiger partial charge in [0.25, 0.3) is 11.8 Å². The molecule has 0 saturated heterocycles. The van der Waals surface area contributed by atoms with Gasteiger partial charge in [-0.2, -0.15) is 0 Å². The average Bonchev–Trinajstić information content (AvgIpc) is 2.73. The topological polar surface area (TPSA) is 93.7 Å². The molecule has 0 heterocycles. The molecular weight excluding hydrogens is 360 g/mol. The van der Waals surface area contributed by atoms with E-state index in [1.807, 2.05) is 36.4 Å². The average molecular weight is 384 g/mol. The minimum Gasteiger partial charge on any atom is -0.456 e. The normalized spacial score (nSPS) is 11.3. The molecule has 0 unspecified atom stereocenters. The molecule has 0 aliphatic heterocycles. The third-order valence-electron chi connectivity index (χ3n) is 3.91. The Morgan fingerprint density at radius 2 is 1.61 bits per heavy atom. The molecule has 2 aromatic carbocycles. The van der Waals surface area contributed by atoms with Crippen LogP contribution in [0.2, 0.25) is 0 Å². The van der Waals surface area contributed by atoms with E-state index in [0.29, 0.717) is 18.7 Å². The summed E-state index contributed by atoms with van der Waals surface area (Å²) in [7, 11) is 1.53. The van der Waals surface area contributed by atoms with Gasteiger partial charge in [-0.25, -0.2) is 0 Å². The zero-order valence-electron chi connectivity index (χ0n) is 15.7. The van der Waals surface area contributed by atoms with E-state index in [9.17, 15) is 14.4 Å². The SMILES string of the molecule is COCCNC(=O)COC(=O)C[C@H](NC(=O)c1ccccc1)c1ccccc1. The van der Waals surface area contributed by atoms with Crippen LogP contribution in [0.25, 0.3) is 0 Å². The first-order valence-electron chi connectivity index (χ1n) is 8.92. The van der Waals surface area contributed by atoms with Crippen molar-refractivity contribution in [2.75, 3.05) is 26.9 Å². The number of carbonyl (C=O) groups is 3. The van der Waals surface area contributed by atoms with Crippen LogP contribution in [0.15, 0.2) is 60.7 Å². The number of ether oxygens (including phenoxy) is 2. The number of carbonyl (C=O) groups excluding carboxylic acids is 3. The van der Waals surface area contributed by atoms with Gasteiger partial charge < -0.3 is 20.1 Å². The highest BCUT2D eigenvalue weighted by Crippen LogP contribution is 2.18. The molecule has 2 aromatic rings. The summed E-state index contributed by atoms with van der Waals surface area (Å²) in [4.78, 5) is 36.3. The molecule has 2 rings (SSSR count). The number of rotatable bonds is 10.